The number of ether oxygens (including phenoxy) is 1. The van der Waals surface area contributed by atoms with E-state index in [2.05, 4.69) is 17.6 Å². The fraction of sp³-hybridized carbons (Fsp3) is 0.368. The zero-order chi connectivity index (χ0) is 18.9. The van der Waals surface area contributed by atoms with Crippen LogP contribution in [0.25, 0.3) is 0 Å². The molecular formula is C19H23ClN2O3S. The van der Waals surface area contributed by atoms with Crippen LogP contribution in [0.1, 0.15) is 48.0 Å². The third-order valence-corrected chi connectivity index (χ3v) is 5.10. The number of carbonyl (C=O) groups excluding carboxylic acids is 2. The topological polar surface area (TPSA) is 67.4 Å². The smallest absolute Gasteiger partial charge is 0.251 e. The first-order valence-corrected chi connectivity index (χ1v) is 9.74. The highest BCUT2D eigenvalue weighted by Crippen LogP contribution is 2.26. The number of carbonyl (C=O) groups is 2. The predicted octanol–water partition coefficient (Wildman–Crippen LogP) is 4.19. The first kappa shape index (κ1) is 20.3. The monoisotopic (exact) mass is 394 g/mol. The fourth-order valence-electron chi connectivity index (χ4n) is 2.22. The van der Waals surface area contributed by atoms with Crippen LogP contribution in [0.15, 0.2) is 36.4 Å². The van der Waals surface area contributed by atoms with E-state index in [1.165, 1.54) is 11.3 Å². The average Bonchev–Trinajstić information content (AvgIpc) is 3.07. The van der Waals surface area contributed by atoms with E-state index < -0.39 is 0 Å². The molecule has 1 unspecified atom stereocenters. The Morgan fingerprint density at radius 1 is 1.19 bits per heavy atom. The lowest BCUT2D eigenvalue weighted by Gasteiger charge is -2.13. The Balaban J connectivity index is 1.77. The maximum atomic E-state index is 12.1. The summed E-state index contributed by atoms with van der Waals surface area (Å²) in [7, 11) is 0. The molecule has 0 fully saturated rings. The van der Waals surface area contributed by atoms with Gasteiger partial charge in [0.2, 0.25) is 5.91 Å². The van der Waals surface area contributed by atoms with Crippen molar-refractivity contribution >= 4 is 34.8 Å². The summed E-state index contributed by atoms with van der Waals surface area (Å²) >= 11 is 7.32. The standard InChI is InChI=1S/C19H23ClN2O3S/c1-3-4-11-25-15-7-5-14(6-8-15)19(24)21-12-18(23)22-13(2)16-9-10-17(20)26-16/h5-10,13H,3-4,11-12H2,1-2H3,(H,21,24)(H,22,23). The maximum absolute atomic E-state index is 12.1. The lowest BCUT2D eigenvalue weighted by Crippen LogP contribution is -2.37. The number of benzene rings is 1. The van der Waals surface area contributed by atoms with Gasteiger partial charge in [0.15, 0.2) is 0 Å². The minimum atomic E-state index is -0.299. The van der Waals surface area contributed by atoms with Gasteiger partial charge >= 0.3 is 0 Å². The van der Waals surface area contributed by atoms with Crippen molar-refractivity contribution < 1.29 is 14.3 Å². The maximum Gasteiger partial charge on any atom is 0.251 e. The summed E-state index contributed by atoms with van der Waals surface area (Å²) in [4.78, 5) is 25.1. The molecule has 140 valence electrons. The van der Waals surface area contributed by atoms with E-state index in [-0.39, 0.29) is 24.4 Å². The molecule has 2 rings (SSSR count). The quantitative estimate of drug-likeness (QED) is 0.626. The van der Waals surface area contributed by atoms with Crippen LogP contribution in [-0.2, 0) is 4.79 Å². The van der Waals surface area contributed by atoms with Crippen LogP contribution in [0, 0.1) is 0 Å². The van der Waals surface area contributed by atoms with Gasteiger partial charge in [-0.2, -0.15) is 0 Å². The molecule has 5 nitrogen and oxygen atoms in total. The Bertz CT molecular complexity index is 731. The Morgan fingerprint density at radius 3 is 2.54 bits per heavy atom. The highest BCUT2D eigenvalue weighted by atomic mass is 35.5. The van der Waals surface area contributed by atoms with Crippen LogP contribution >= 0.6 is 22.9 Å². The van der Waals surface area contributed by atoms with Gasteiger partial charge in [-0.1, -0.05) is 24.9 Å². The average molecular weight is 395 g/mol. The zero-order valence-corrected chi connectivity index (χ0v) is 16.5. The van der Waals surface area contributed by atoms with E-state index in [9.17, 15) is 9.59 Å². The van der Waals surface area contributed by atoms with Gasteiger partial charge in [-0.3, -0.25) is 9.59 Å². The first-order chi connectivity index (χ1) is 12.5. The van der Waals surface area contributed by atoms with Gasteiger partial charge in [0.1, 0.15) is 5.75 Å². The van der Waals surface area contributed by atoms with Crippen molar-refractivity contribution in [3.05, 3.63) is 51.2 Å². The summed E-state index contributed by atoms with van der Waals surface area (Å²) in [6.45, 7) is 4.55. The fourth-order valence-corrected chi connectivity index (χ4v) is 3.29. The number of hydrogen-bond acceptors (Lipinski definition) is 4. The predicted molar refractivity (Wildman–Crippen MR) is 105 cm³/mol. The molecule has 0 bridgehead atoms. The Hall–Kier alpha value is -2.05. The third-order valence-electron chi connectivity index (χ3n) is 3.69. The molecule has 1 atom stereocenters. The lowest BCUT2D eigenvalue weighted by atomic mass is 10.2. The number of thiophene rings is 1. The second-order valence-corrected chi connectivity index (χ2v) is 7.59. The van der Waals surface area contributed by atoms with Crippen molar-refractivity contribution in [2.45, 2.75) is 32.7 Å². The van der Waals surface area contributed by atoms with E-state index in [1.807, 2.05) is 13.0 Å². The molecular weight excluding hydrogens is 372 g/mol. The first-order valence-electron chi connectivity index (χ1n) is 8.55. The van der Waals surface area contributed by atoms with Crippen molar-refractivity contribution in [2.24, 2.45) is 0 Å². The summed E-state index contributed by atoms with van der Waals surface area (Å²) in [5.41, 5.74) is 0.485. The number of nitrogens with one attached hydrogen (secondary N) is 2. The minimum absolute atomic E-state index is 0.0863. The molecule has 1 aromatic carbocycles. The zero-order valence-electron chi connectivity index (χ0n) is 14.9. The van der Waals surface area contributed by atoms with Crippen molar-refractivity contribution in [2.75, 3.05) is 13.2 Å². The molecule has 0 aliphatic heterocycles. The van der Waals surface area contributed by atoms with Crippen LogP contribution in [0.4, 0.5) is 0 Å². The lowest BCUT2D eigenvalue weighted by molar-refractivity contribution is -0.120. The second kappa shape index (κ2) is 10.2. The molecule has 26 heavy (non-hydrogen) atoms. The summed E-state index contributed by atoms with van der Waals surface area (Å²) in [6, 6.07) is 10.4. The summed E-state index contributed by atoms with van der Waals surface area (Å²) in [6.07, 6.45) is 2.06. The summed E-state index contributed by atoms with van der Waals surface area (Å²) in [5, 5.41) is 5.45. The van der Waals surface area contributed by atoms with Gasteiger partial charge in [0, 0.05) is 10.4 Å². The van der Waals surface area contributed by atoms with Gasteiger partial charge in [-0.05, 0) is 49.7 Å². The van der Waals surface area contributed by atoms with Crippen molar-refractivity contribution in [3.8, 4) is 5.75 Å². The SMILES string of the molecule is CCCCOc1ccc(C(=O)NCC(=O)NC(C)c2ccc(Cl)s2)cc1. The Labute approximate surface area is 162 Å². The Kier molecular flexibility index (Phi) is 7.94. The molecule has 2 aromatic rings. The Morgan fingerprint density at radius 2 is 1.92 bits per heavy atom. The van der Waals surface area contributed by atoms with E-state index >= 15 is 0 Å². The molecule has 2 amide bonds. The van der Waals surface area contributed by atoms with E-state index in [0.717, 1.165) is 23.5 Å². The molecule has 0 saturated heterocycles. The second-order valence-electron chi connectivity index (χ2n) is 5.84. The van der Waals surface area contributed by atoms with Gasteiger partial charge in [0.05, 0.1) is 23.5 Å². The molecule has 1 aromatic heterocycles. The molecule has 1 heterocycles. The number of amides is 2. The summed E-state index contributed by atoms with van der Waals surface area (Å²) in [5.74, 6) is 0.179. The molecule has 0 aliphatic rings. The van der Waals surface area contributed by atoms with Crippen molar-refractivity contribution in [1.82, 2.24) is 10.6 Å². The van der Waals surface area contributed by atoms with Crippen LogP contribution < -0.4 is 15.4 Å². The highest BCUT2D eigenvalue weighted by Gasteiger charge is 2.13. The van der Waals surface area contributed by atoms with Crippen LogP contribution in [0.3, 0.4) is 0 Å². The number of rotatable bonds is 9. The van der Waals surface area contributed by atoms with Gasteiger partial charge in [-0.15, -0.1) is 11.3 Å². The largest absolute Gasteiger partial charge is 0.494 e. The van der Waals surface area contributed by atoms with Gasteiger partial charge in [0.25, 0.3) is 5.91 Å². The van der Waals surface area contributed by atoms with E-state index in [1.54, 1.807) is 30.3 Å². The molecule has 0 aliphatic carbocycles. The number of hydrogen-bond donors (Lipinski definition) is 2. The molecule has 2 N–H and O–H groups in total. The van der Waals surface area contributed by atoms with E-state index in [0.29, 0.717) is 16.5 Å². The number of unbranched alkanes of at least 4 members (excludes halogenated alkanes) is 1. The highest BCUT2D eigenvalue weighted by molar-refractivity contribution is 7.16. The van der Waals surface area contributed by atoms with Crippen molar-refractivity contribution in [3.63, 3.8) is 0 Å². The third kappa shape index (κ3) is 6.35. The normalized spacial score (nSPS) is 11.7. The van der Waals surface area contributed by atoms with Gasteiger partial charge < -0.3 is 15.4 Å². The molecule has 0 radical (unpaired) electrons. The van der Waals surface area contributed by atoms with Crippen LogP contribution in [-0.4, -0.2) is 25.0 Å². The van der Waals surface area contributed by atoms with Gasteiger partial charge in [-0.25, -0.2) is 0 Å². The van der Waals surface area contributed by atoms with Crippen LogP contribution in [0.2, 0.25) is 4.34 Å². The van der Waals surface area contributed by atoms with Crippen molar-refractivity contribution in [1.29, 1.82) is 0 Å². The van der Waals surface area contributed by atoms with E-state index in [4.69, 9.17) is 16.3 Å². The molecule has 0 saturated carbocycles. The minimum Gasteiger partial charge on any atom is -0.494 e. The summed E-state index contributed by atoms with van der Waals surface area (Å²) < 4.78 is 6.24. The molecule has 0 spiro atoms. The molecule has 7 heteroatoms. The van der Waals surface area contributed by atoms with Crippen LogP contribution in [0.5, 0.6) is 5.75 Å². The number of halogens is 1.